The summed E-state index contributed by atoms with van der Waals surface area (Å²) >= 11 is 9.17. The van der Waals surface area contributed by atoms with Crippen molar-refractivity contribution in [1.29, 1.82) is 0 Å². The van der Waals surface area contributed by atoms with Gasteiger partial charge in [0.25, 0.3) is 0 Å². The normalized spacial score (nSPS) is 16.0. The highest BCUT2D eigenvalue weighted by Crippen LogP contribution is 2.40. The molecule has 0 heterocycles. The zero-order chi connectivity index (χ0) is 17.2. The summed E-state index contributed by atoms with van der Waals surface area (Å²) in [5.74, 6) is 0. The molecule has 1 aliphatic carbocycles. The lowest BCUT2D eigenvalue weighted by molar-refractivity contribution is 0.406. The van der Waals surface area contributed by atoms with E-state index in [0.29, 0.717) is 5.11 Å². The van der Waals surface area contributed by atoms with E-state index in [1.54, 1.807) is 0 Å². The van der Waals surface area contributed by atoms with Gasteiger partial charge < -0.3 is 10.6 Å². The van der Waals surface area contributed by atoms with Gasteiger partial charge in [-0.25, -0.2) is 0 Å². The third-order valence-electron chi connectivity index (χ3n) is 4.89. The second kappa shape index (κ2) is 7.24. The largest absolute Gasteiger partial charge is 0.353 e. The first-order valence-electron chi connectivity index (χ1n) is 8.42. The Hall–Kier alpha value is -1.39. The van der Waals surface area contributed by atoms with E-state index < -0.39 is 0 Å². The third kappa shape index (κ3) is 3.65. The number of benzene rings is 2. The maximum Gasteiger partial charge on any atom is 0.171 e. The zero-order valence-electron chi connectivity index (χ0n) is 14.2. The van der Waals surface area contributed by atoms with Gasteiger partial charge in [-0.2, -0.15) is 0 Å². The van der Waals surface area contributed by atoms with Gasteiger partial charge in [-0.05, 0) is 73.8 Å². The number of halogens is 1. The average molecular weight is 403 g/mol. The fourth-order valence-electron chi connectivity index (χ4n) is 3.65. The lowest BCUT2D eigenvalue weighted by Crippen LogP contribution is -2.46. The summed E-state index contributed by atoms with van der Waals surface area (Å²) in [7, 11) is 0. The zero-order valence-corrected chi connectivity index (χ0v) is 16.6. The SMILES string of the molecule is Cc1cc(NC(=S)NC2(c3ccccc3C)CCCC2)ccc1Br. The Labute approximate surface area is 158 Å². The minimum absolute atomic E-state index is 0.0418. The van der Waals surface area contributed by atoms with Crippen molar-refractivity contribution >= 4 is 38.9 Å². The molecule has 4 heteroatoms. The van der Waals surface area contributed by atoms with Gasteiger partial charge >= 0.3 is 0 Å². The second-order valence-corrected chi connectivity index (χ2v) is 7.91. The first-order chi connectivity index (χ1) is 11.5. The molecule has 3 rings (SSSR count). The Balaban J connectivity index is 1.80. The van der Waals surface area contributed by atoms with Crippen LogP contribution >= 0.6 is 28.1 Å². The molecule has 0 unspecified atom stereocenters. The number of hydrogen-bond donors (Lipinski definition) is 2. The summed E-state index contributed by atoms with van der Waals surface area (Å²) in [6.07, 6.45) is 4.72. The molecule has 0 radical (unpaired) electrons. The first-order valence-corrected chi connectivity index (χ1v) is 9.62. The van der Waals surface area contributed by atoms with Crippen molar-refractivity contribution in [1.82, 2.24) is 5.32 Å². The molecule has 126 valence electrons. The highest BCUT2D eigenvalue weighted by Gasteiger charge is 2.37. The van der Waals surface area contributed by atoms with Crippen molar-refractivity contribution in [3.63, 3.8) is 0 Å². The number of rotatable bonds is 3. The van der Waals surface area contributed by atoms with E-state index in [4.69, 9.17) is 12.2 Å². The lowest BCUT2D eigenvalue weighted by atomic mass is 9.85. The van der Waals surface area contributed by atoms with E-state index in [0.717, 1.165) is 23.0 Å². The molecule has 1 saturated carbocycles. The van der Waals surface area contributed by atoms with Crippen molar-refractivity contribution in [2.45, 2.75) is 45.1 Å². The molecular weight excluding hydrogens is 380 g/mol. The fourth-order valence-corrected chi connectivity index (χ4v) is 4.21. The number of anilines is 1. The predicted molar refractivity (Wildman–Crippen MR) is 110 cm³/mol. The molecule has 0 aliphatic heterocycles. The highest BCUT2D eigenvalue weighted by atomic mass is 79.9. The molecule has 0 atom stereocenters. The van der Waals surface area contributed by atoms with Crippen LogP contribution in [0, 0.1) is 13.8 Å². The molecule has 2 nitrogen and oxygen atoms in total. The maximum atomic E-state index is 5.63. The van der Waals surface area contributed by atoms with E-state index in [-0.39, 0.29) is 5.54 Å². The van der Waals surface area contributed by atoms with Gasteiger partial charge in [0.15, 0.2) is 5.11 Å². The average Bonchev–Trinajstić information content (AvgIpc) is 3.00. The van der Waals surface area contributed by atoms with Crippen molar-refractivity contribution in [2.75, 3.05) is 5.32 Å². The smallest absolute Gasteiger partial charge is 0.171 e. The van der Waals surface area contributed by atoms with Crippen LogP contribution in [-0.2, 0) is 5.54 Å². The van der Waals surface area contributed by atoms with E-state index in [1.165, 1.54) is 29.5 Å². The van der Waals surface area contributed by atoms with Gasteiger partial charge in [0, 0.05) is 10.2 Å². The molecule has 0 bridgehead atoms. The summed E-state index contributed by atoms with van der Waals surface area (Å²) in [5, 5.41) is 7.69. The third-order valence-corrected chi connectivity index (χ3v) is 5.98. The number of hydrogen-bond acceptors (Lipinski definition) is 1. The Morgan fingerprint density at radius 1 is 1.04 bits per heavy atom. The molecule has 0 spiro atoms. The van der Waals surface area contributed by atoms with Crippen LogP contribution in [0.1, 0.15) is 42.4 Å². The first kappa shape index (κ1) is 17.4. The van der Waals surface area contributed by atoms with Crippen molar-refractivity contribution in [3.8, 4) is 0 Å². The van der Waals surface area contributed by atoms with Crippen LogP contribution in [0.5, 0.6) is 0 Å². The topological polar surface area (TPSA) is 24.1 Å². The summed E-state index contributed by atoms with van der Waals surface area (Å²) in [4.78, 5) is 0. The van der Waals surface area contributed by atoms with Crippen LogP contribution in [-0.4, -0.2) is 5.11 Å². The van der Waals surface area contributed by atoms with Crippen LogP contribution in [0.25, 0.3) is 0 Å². The molecule has 1 aliphatic rings. The van der Waals surface area contributed by atoms with Crippen LogP contribution < -0.4 is 10.6 Å². The van der Waals surface area contributed by atoms with E-state index in [2.05, 4.69) is 70.7 Å². The maximum absolute atomic E-state index is 5.63. The Morgan fingerprint density at radius 3 is 2.42 bits per heavy atom. The van der Waals surface area contributed by atoms with Gasteiger partial charge in [0.2, 0.25) is 0 Å². The van der Waals surface area contributed by atoms with Crippen LogP contribution in [0.2, 0.25) is 0 Å². The molecule has 2 aromatic carbocycles. The fraction of sp³-hybridized carbons (Fsp3) is 0.350. The molecular formula is C20H23BrN2S. The Morgan fingerprint density at radius 2 is 1.75 bits per heavy atom. The van der Waals surface area contributed by atoms with Crippen molar-refractivity contribution < 1.29 is 0 Å². The molecule has 2 N–H and O–H groups in total. The number of thiocarbonyl (C=S) groups is 1. The lowest BCUT2D eigenvalue weighted by Gasteiger charge is -2.34. The molecule has 24 heavy (non-hydrogen) atoms. The predicted octanol–water partition coefficient (Wildman–Crippen LogP) is 5.82. The van der Waals surface area contributed by atoms with Gasteiger partial charge in [-0.15, -0.1) is 0 Å². The summed E-state index contributed by atoms with van der Waals surface area (Å²) in [6, 6.07) is 14.8. The number of aryl methyl sites for hydroxylation is 2. The van der Waals surface area contributed by atoms with Crippen LogP contribution in [0.3, 0.4) is 0 Å². The minimum Gasteiger partial charge on any atom is -0.353 e. The highest BCUT2D eigenvalue weighted by molar-refractivity contribution is 9.10. The van der Waals surface area contributed by atoms with Crippen LogP contribution in [0.15, 0.2) is 46.9 Å². The molecule has 0 saturated heterocycles. The van der Waals surface area contributed by atoms with Gasteiger partial charge in [0.1, 0.15) is 0 Å². The summed E-state index contributed by atoms with van der Waals surface area (Å²) < 4.78 is 1.11. The van der Waals surface area contributed by atoms with Crippen molar-refractivity contribution in [2.24, 2.45) is 0 Å². The minimum atomic E-state index is -0.0418. The van der Waals surface area contributed by atoms with E-state index >= 15 is 0 Å². The molecule has 0 amide bonds. The van der Waals surface area contributed by atoms with Gasteiger partial charge in [0.05, 0.1) is 5.54 Å². The Bertz CT molecular complexity index is 751. The molecule has 0 aromatic heterocycles. The monoisotopic (exact) mass is 402 g/mol. The molecule has 1 fully saturated rings. The van der Waals surface area contributed by atoms with E-state index in [1.807, 2.05) is 12.1 Å². The molecule has 2 aromatic rings. The number of nitrogens with one attached hydrogen (secondary N) is 2. The van der Waals surface area contributed by atoms with Crippen molar-refractivity contribution in [3.05, 3.63) is 63.6 Å². The second-order valence-electron chi connectivity index (χ2n) is 6.65. The quantitative estimate of drug-likeness (QED) is 0.632. The summed E-state index contributed by atoms with van der Waals surface area (Å²) in [5.41, 5.74) is 4.87. The van der Waals surface area contributed by atoms with E-state index in [9.17, 15) is 0 Å². The standard InChI is InChI=1S/C20H23BrN2S/c1-14-7-3-4-8-17(14)20(11-5-6-12-20)23-19(24)22-16-9-10-18(21)15(2)13-16/h3-4,7-10,13H,5-6,11-12H2,1-2H3,(H2,22,23,24). The van der Waals surface area contributed by atoms with Gasteiger partial charge in [-0.3, -0.25) is 0 Å². The summed E-state index contributed by atoms with van der Waals surface area (Å²) in [6.45, 7) is 4.27. The van der Waals surface area contributed by atoms with Crippen LogP contribution in [0.4, 0.5) is 5.69 Å². The Kier molecular flexibility index (Phi) is 5.26. The van der Waals surface area contributed by atoms with Gasteiger partial charge in [-0.1, -0.05) is 53.0 Å².